The molecule has 0 spiro atoms. The van der Waals surface area contributed by atoms with Crippen molar-refractivity contribution in [2.24, 2.45) is 0 Å². The molecule has 0 aliphatic rings. The summed E-state index contributed by atoms with van der Waals surface area (Å²) in [6.45, 7) is 1.82. The number of carbonyl (C=O) groups is 1. The van der Waals surface area contributed by atoms with Crippen molar-refractivity contribution in [1.29, 1.82) is 0 Å². The minimum atomic E-state index is -0.473. The Balaban J connectivity index is 2.37. The SMILES string of the molecule is COC(=O)c1cc(Oc2ccccc2)cc(C)c1N. The first-order valence-electron chi connectivity index (χ1n) is 5.83. The standard InChI is InChI=1S/C15H15NO3/c1-10-8-12(19-11-6-4-3-5-7-11)9-13(14(10)16)15(17)18-2/h3-9H,16H2,1-2H3. The average molecular weight is 257 g/mol. The molecule has 0 saturated heterocycles. The van der Waals surface area contributed by atoms with Crippen molar-refractivity contribution in [3.8, 4) is 11.5 Å². The lowest BCUT2D eigenvalue weighted by molar-refractivity contribution is 0.0601. The highest BCUT2D eigenvalue weighted by atomic mass is 16.5. The van der Waals surface area contributed by atoms with E-state index in [1.54, 1.807) is 12.1 Å². The van der Waals surface area contributed by atoms with Gasteiger partial charge in [0.15, 0.2) is 0 Å². The highest BCUT2D eigenvalue weighted by Gasteiger charge is 2.14. The number of carbonyl (C=O) groups excluding carboxylic acids is 1. The number of benzene rings is 2. The molecule has 2 aromatic carbocycles. The summed E-state index contributed by atoms with van der Waals surface area (Å²) in [4.78, 5) is 11.6. The molecule has 0 aromatic heterocycles. The molecule has 0 saturated carbocycles. The number of nitrogen functional groups attached to an aromatic ring is 1. The molecule has 0 radical (unpaired) electrons. The second-order valence-corrected chi connectivity index (χ2v) is 4.11. The molecule has 0 atom stereocenters. The fraction of sp³-hybridized carbons (Fsp3) is 0.133. The van der Waals surface area contributed by atoms with E-state index in [4.69, 9.17) is 15.2 Å². The minimum absolute atomic E-state index is 0.313. The Bertz CT molecular complexity index is 594. The number of methoxy groups -OCH3 is 1. The molecule has 0 amide bonds. The van der Waals surface area contributed by atoms with Crippen molar-refractivity contribution in [3.63, 3.8) is 0 Å². The van der Waals surface area contributed by atoms with Crippen LogP contribution in [0.5, 0.6) is 11.5 Å². The van der Waals surface area contributed by atoms with E-state index in [-0.39, 0.29) is 0 Å². The molecule has 2 aromatic rings. The van der Waals surface area contributed by atoms with Crippen LogP contribution in [0.4, 0.5) is 5.69 Å². The van der Waals surface area contributed by atoms with Crippen molar-refractivity contribution < 1.29 is 14.3 Å². The Hall–Kier alpha value is -2.49. The molecule has 4 nitrogen and oxygen atoms in total. The van der Waals surface area contributed by atoms with Gasteiger partial charge in [-0.1, -0.05) is 18.2 Å². The van der Waals surface area contributed by atoms with E-state index in [9.17, 15) is 4.79 Å². The highest BCUT2D eigenvalue weighted by molar-refractivity contribution is 5.96. The third-order valence-corrected chi connectivity index (χ3v) is 2.74. The zero-order valence-corrected chi connectivity index (χ0v) is 10.8. The van der Waals surface area contributed by atoms with Crippen LogP contribution in [0.3, 0.4) is 0 Å². The number of aryl methyl sites for hydroxylation is 1. The van der Waals surface area contributed by atoms with Crippen molar-refractivity contribution >= 4 is 11.7 Å². The van der Waals surface area contributed by atoms with E-state index < -0.39 is 5.97 Å². The summed E-state index contributed by atoms with van der Waals surface area (Å²) in [5.74, 6) is 0.778. The summed E-state index contributed by atoms with van der Waals surface area (Å²) in [5.41, 5.74) is 7.36. The van der Waals surface area contributed by atoms with Crippen LogP contribution in [0.15, 0.2) is 42.5 Å². The van der Waals surface area contributed by atoms with Gasteiger partial charge in [0.1, 0.15) is 11.5 Å². The topological polar surface area (TPSA) is 61.5 Å². The van der Waals surface area contributed by atoms with Crippen LogP contribution in [-0.4, -0.2) is 13.1 Å². The first-order valence-corrected chi connectivity index (χ1v) is 5.83. The number of rotatable bonds is 3. The van der Waals surface area contributed by atoms with E-state index in [1.807, 2.05) is 37.3 Å². The average Bonchev–Trinajstić information content (AvgIpc) is 2.43. The maximum absolute atomic E-state index is 11.6. The number of hydrogen-bond donors (Lipinski definition) is 1. The summed E-state index contributed by atoms with van der Waals surface area (Å²) in [6.07, 6.45) is 0. The molecule has 0 aliphatic heterocycles. The number of esters is 1. The van der Waals surface area contributed by atoms with E-state index in [0.717, 1.165) is 5.56 Å². The molecular weight excluding hydrogens is 242 g/mol. The first kappa shape index (κ1) is 13.0. The third kappa shape index (κ3) is 2.85. The van der Waals surface area contributed by atoms with Gasteiger partial charge >= 0.3 is 5.97 Å². The summed E-state index contributed by atoms with van der Waals surface area (Å²) in [5, 5.41) is 0. The quantitative estimate of drug-likeness (QED) is 0.677. The Morgan fingerprint density at radius 3 is 2.42 bits per heavy atom. The molecule has 2 N–H and O–H groups in total. The molecule has 0 fully saturated rings. The molecule has 4 heteroatoms. The van der Waals surface area contributed by atoms with Crippen LogP contribution in [0.25, 0.3) is 0 Å². The van der Waals surface area contributed by atoms with Gasteiger partial charge in [0.2, 0.25) is 0 Å². The van der Waals surface area contributed by atoms with E-state index >= 15 is 0 Å². The zero-order chi connectivity index (χ0) is 13.8. The number of para-hydroxylation sites is 1. The monoisotopic (exact) mass is 257 g/mol. The van der Waals surface area contributed by atoms with E-state index in [2.05, 4.69) is 0 Å². The van der Waals surface area contributed by atoms with Crippen LogP contribution in [0.1, 0.15) is 15.9 Å². The predicted octanol–water partition coefficient (Wildman–Crippen LogP) is 3.16. The molecule has 0 aliphatic carbocycles. The van der Waals surface area contributed by atoms with Gasteiger partial charge in [0.25, 0.3) is 0 Å². The minimum Gasteiger partial charge on any atom is -0.465 e. The van der Waals surface area contributed by atoms with Crippen LogP contribution in [-0.2, 0) is 4.74 Å². The summed E-state index contributed by atoms with van der Waals surface area (Å²) in [7, 11) is 1.32. The second kappa shape index (κ2) is 5.44. The number of ether oxygens (including phenoxy) is 2. The van der Waals surface area contributed by atoms with E-state index in [1.165, 1.54) is 7.11 Å². The number of hydrogen-bond acceptors (Lipinski definition) is 4. The summed E-state index contributed by atoms with van der Waals surface area (Å²) >= 11 is 0. The smallest absolute Gasteiger partial charge is 0.340 e. The Kier molecular flexibility index (Phi) is 3.71. The van der Waals surface area contributed by atoms with Gasteiger partial charge in [-0.3, -0.25) is 0 Å². The second-order valence-electron chi connectivity index (χ2n) is 4.11. The molecular formula is C15H15NO3. The van der Waals surface area contributed by atoms with Gasteiger partial charge in [-0.2, -0.15) is 0 Å². The molecule has 19 heavy (non-hydrogen) atoms. The zero-order valence-electron chi connectivity index (χ0n) is 10.8. The van der Waals surface area contributed by atoms with Crippen molar-refractivity contribution in [2.75, 3.05) is 12.8 Å². The summed E-state index contributed by atoms with van der Waals surface area (Å²) in [6, 6.07) is 12.7. The number of anilines is 1. The van der Waals surface area contributed by atoms with Gasteiger partial charge < -0.3 is 15.2 Å². The van der Waals surface area contributed by atoms with Crippen LogP contribution in [0.2, 0.25) is 0 Å². The van der Waals surface area contributed by atoms with Crippen LogP contribution >= 0.6 is 0 Å². The van der Waals surface area contributed by atoms with E-state index in [0.29, 0.717) is 22.7 Å². The lowest BCUT2D eigenvalue weighted by atomic mass is 10.1. The van der Waals surface area contributed by atoms with Crippen molar-refractivity contribution in [2.45, 2.75) is 6.92 Å². The Morgan fingerprint density at radius 2 is 1.79 bits per heavy atom. The van der Waals surface area contributed by atoms with Crippen molar-refractivity contribution in [1.82, 2.24) is 0 Å². The lowest BCUT2D eigenvalue weighted by Crippen LogP contribution is -2.07. The molecule has 98 valence electrons. The van der Waals surface area contributed by atoms with Gasteiger partial charge in [-0.25, -0.2) is 4.79 Å². The predicted molar refractivity (Wildman–Crippen MR) is 73.4 cm³/mol. The number of nitrogens with two attached hydrogens (primary N) is 1. The van der Waals surface area contributed by atoms with Gasteiger partial charge in [-0.05, 0) is 36.8 Å². The van der Waals surface area contributed by atoms with Gasteiger partial charge in [-0.15, -0.1) is 0 Å². The Morgan fingerprint density at radius 1 is 1.11 bits per heavy atom. The molecule has 0 bridgehead atoms. The lowest BCUT2D eigenvalue weighted by Gasteiger charge is -2.11. The maximum atomic E-state index is 11.6. The molecule has 2 rings (SSSR count). The fourth-order valence-electron chi connectivity index (χ4n) is 1.73. The van der Waals surface area contributed by atoms with Crippen molar-refractivity contribution in [3.05, 3.63) is 53.6 Å². The first-order chi connectivity index (χ1) is 9.11. The maximum Gasteiger partial charge on any atom is 0.340 e. The largest absolute Gasteiger partial charge is 0.465 e. The fourth-order valence-corrected chi connectivity index (χ4v) is 1.73. The highest BCUT2D eigenvalue weighted by Crippen LogP contribution is 2.28. The normalized spacial score (nSPS) is 10.0. The van der Waals surface area contributed by atoms with Crippen LogP contribution < -0.4 is 10.5 Å². The van der Waals surface area contributed by atoms with Gasteiger partial charge in [0, 0.05) is 5.69 Å². The molecule has 0 heterocycles. The van der Waals surface area contributed by atoms with Crippen LogP contribution in [0, 0.1) is 6.92 Å². The molecule has 0 unspecified atom stereocenters. The Labute approximate surface area is 111 Å². The summed E-state index contributed by atoms with van der Waals surface area (Å²) < 4.78 is 10.4. The third-order valence-electron chi connectivity index (χ3n) is 2.74. The van der Waals surface area contributed by atoms with Gasteiger partial charge in [0.05, 0.1) is 12.7 Å².